The van der Waals surface area contributed by atoms with Gasteiger partial charge in [0.15, 0.2) is 0 Å². The fourth-order valence-corrected chi connectivity index (χ4v) is 3.64. The number of nitrogens with one attached hydrogen (secondary N) is 1. The number of piperidine rings is 1. The molecule has 3 rings (SSSR count). The van der Waals surface area contributed by atoms with Crippen molar-refractivity contribution in [2.24, 2.45) is 0 Å². The summed E-state index contributed by atoms with van der Waals surface area (Å²) in [6.45, 7) is 5.99. The Kier molecular flexibility index (Phi) is 4.97. The first kappa shape index (κ1) is 17.1. The second kappa shape index (κ2) is 6.99. The van der Waals surface area contributed by atoms with Crippen LogP contribution in [0.5, 0.6) is 0 Å². The molecule has 1 aliphatic rings. The largest absolute Gasteiger partial charge is 0.339 e. The maximum Gasteiger partial charge on any atom is 0.255 e. The maximum atomic E-state index is 13.0. The van der Waals surface area contributed by atoms with Gasteiger partial charge in [0.25, 0.3) is 5.91 Å². The molecule has 0 bridgehead atoms. The number of aryl methyl sites for hydroxylation is 1. The molecule has 0 atom stereocenters. The fraction of sp³-hybridized carbons (Fsp3) is 0.421. The highest BCUT2D eigenvalue weighted by atomic mass is 35.5. The third-order valence-corrected chi connectivity index (χ3v) is 5.18. The molecule has 128 valence electrons. The molecule has 1 saturated heterocycles. The molecular weight excluding hydrogens is 322 g/mol. The standard InChI is InChI=1S/C19H24ClN3O/c1-13-12-18(19(24)22(3)16-8-10-21-11-9-16)14(2)23(13)17-6-4-15(20)5-7-17/h4-7,12,16,21H,8-11H2,1-3H3. The van der Waals surface area contributed by atoms with Crippen LogP contribution >= 0.6 is 11.6 Å². The second-order valence-corrected chi connectivity index (χ2v) is 6.93. The summed E-state index contributed by atoms with van der Waals surface area (Å²) in [7, 11) is 1.92. The van der Waals surface area contributed by atoms with E-state index in [-0.39, 0.29) is 5.91 Å². The fourth-order valence-electron chi connectivity index (χ4n) is 3.52. The number of nitrogens with zero attached hydrogens (tertiary/aromatic N) is 2. The third kappa shape index (κ3) is 3.21. The molecule has 1 aliphatic heterocycles. The van der Waals surface area contributed by atoms with Crippen molar-refractivity contribution in [1.82, 2.24) is 14.8 Å². The van der Waals surface area contributed by atoms with Crippen molar-refractivity contribution in [3.63, 3.8) is 0 Å². The first-order valence-corrected chi connectivity index (χ1v) is 8.79. The van der Waals surface area contributed by atoms with Crippen LogP contribution in [0.25, 0.3) is 5.69 Å². The van der Waals surface area contributed by atoms with Gasteiger partial charge in [-0.15, -0.1) is 0 Å². The Morgan fingerprint density at radius 1 is 1.21 bits per heavy atom. The molecular formula is C19H24ClN3O. The van der Waals surface area contributed by atoms with Crippen molar-refractivity contribution in [3.8, 4) is 5.69 Å². The number of hydrogen-bond acceptors (Lipinski definition) is 2. The molecule has 1 aromatic carbocycles. The van der Waals surface area contributed by atoms with Crippen molar-refractivity contribution < 1.29 is 4.79 Å². The summed E-state index contributed by atoms with van der Waals surface area (Å²) in [4.78, 5) is 14.9. The van der Waals surface area contributed by atoms with Gasteiger partial charge < -0.3 is 14.8 Å². The molecule has 0 spiro atoms. The number of halogens is 1. The molecule has 2 heterocycles. The van der Waals surface area contributed by atoms with Crippen molar-refractivity contribution in [2.75, 3.05) is 20.1 Å². The zero-order chi connectivity index (χ0) is 17.3. The van der Waals surface area contributed by atoms with E-state index in [9.17, 15) is 4.79 Å². The number of hydrogen-bond donors (Lipinski definition) is 1. The molecule has 0 radical (unpaired) electrons. The van der Waals surface area contributed by atoms with E-state index in [1.165, 1.54) is 0 Å². The summed E-state index contributed by atoms with van der Waals surface area (Å²) >= 11 is 5.99. The molecule has 1 aromatic heterocycles. The average molecular weight is 346 g/mol. The molecule has 5 heteroatoms. The van der Waals surface area contributed by atoms with E-state index in [0.717, 1.165) is 48.6 Å². The SMILES string of the molecule is Cc1cc(C(=O)N(C)C2CCNCC2)c(C)n1-c1ccc(Cl)cc1. The Hall–Kier alpha value is -1.78. The molecule has 1 amide bonds. The van der Waals surface area contributed by atoms with Crippen LogP contribution in [0, 0.1) is 13.8 Å². The quantitative estimate of drug-likeness (QED) is 0.923. The highest BCUT2D eigenvalue weighted by Crippen LogP contribution is 2.24. The van der Waals surface area contributed by atoms with Gasteiger partial charge in [-0.1, -0.05) is 11.6 Å². The van der Waals surface area contributed by atoms with Crippen LogP contribution in [-0.4, -0.2) is 41.6 Å². The summed E-state index contributed by atoms with van der Waals surface area (Å²) in [5, 5.41) is 4.06. The van der Waals surface area contributed by atoms with Gasteiger partial charge in [0.2, 0.25) is 0 Å². The van der Waals surface area contributed by atoms with Crippen LogP contribution < -0.4 is 5.32 Å². The summed E-state index contributed by atoms with van der Waals surface area (Å²) < 4.78 is 2.11. The second-order valence-electron chi connectivity index (χ2n) is 6.49. The van der Waals surface area contributed by atoms with Crippen molar-refractivity contribution in [3.05, 3.63) is 52.3 Å². The summed E-state index contributed by atoms with van der Waals surface area (Å²) in [6.07, 6.45) is 2.02. The minimum absolute atomic E-state index is 0.107. The van der Waals surface area contributed by atoms with E-state index in [1.54, 1.807) is 0 Å². The highest BCUT2D eigenvalue weighted by molar-refractivity contribution is 6.30. The summed E-state index contributed by atoms with van der Waals surface area (Å²) in [6, 6.07) is 10.0. The first-order valence-electron chi connectivity index (χ1n) is 8.42. The monoisotopic (exact) mass is 345 g/mol. The van der Waals surface area contributed by atoms with Crippen LogP contribution in [0.4, 0.5) is 0 Å². The zero-order valence-electron chi connectivity index (χ0n) is 14.5. The Morgan fingerprint density at radius 2 is 1.83 bits per heavy atom. The first-order chi connectivity index (χ1) is 11.5. The summed E-state index contributed by atoms with van der Waals surface area (Å²) in [5.74, 6) is 0.107. The molecule has 4 nitrogen and oxygen atoms in total. The minimum atomic E-state index is 0.107. The van der Waals surface area contributed by atoms with E-state index >= 15 is 0 Å². The van der Waals surface area contributed by atoms with Crippen LogP contribution in [0.3, 0.4) is 0 Å². The molecule has 0 aliphatic carbocycles. The lowest BCUT2D eigenvalue weighted by atomic mass is 10.0. The van der Waals surface area contributed by atoms with Gasteiger partial charge in [-0.05, 0) is 70.1 Å². The molecule has 1 N–H and O–H groups in total. The average Bonchev–Trinajstić information content (AvgIpc) is 2.90. The van der Waals surface area contributed by atoms with Gasteiger partial charge in [-0.3, -0.25) is 4.79 Å². The number of amides is 1. The number of benzene rings is 1. The van der Waals surface area contributed by atoms with Crippen LogP contribution in [0.2, 0.25) is 5.02 Å². The van der Waals surface area contributed by atoms with Crippen LogP contribution in [0.1, 0.15) is 34.6 Å². The summed E-state index contributed by atoms with van der Waals surface area (Å²) in [5.41, 5.74) is 3.83. The maximum absolute atomic E-state index is 13.0. The predicted octanol–water partition coefficient (Wildman–Crippen LogP) is 3.57. The van der Waals surface area contributed by atoms with Gasteiger partial charge in [-0.25, -0.2) is 0 Å². The Bertz CT molecular complexity index is 730. The van der Waals surface area contributed by atoms with Gasteiger partial charge >= 0.3 is 0 Å². The smallest absolute Gasteiger partial charge is 0.255 e. The van der Waals surface area contributed by atoms with E-state index < -0.39 is 0 Å². The van der Waals surface area contributed by atoms with Crippen molar-refractivity contribution in [1.29, 1.82) is 0 Å². The van der Waals surface area contributed by atoms with E-state index in [2.05, 4.69) is 9.88 Å². The Balaban J connectivity index is 1.90. The Labute approximate surface area is 148 Å². The number of aromatic nitrogens is 1. The number of carbonyl (C=O) groups excluding carboxylic acids is 1. The molecule has 24 heavy (non-hydrogen) atoms. The van der Waals surface area contributed by atoms with Crippen LogP contribution in [0.15, 0.2) is 30.3 Å². The predicted molar refractivity (Wildman–Crippen MR) is 98.2 cm³/mol. The minimum Gasteiger partial charge on any atom is -0.339 e. The Morgan fingerprint density at radius 3 is 2.46 bits per heavy atom. The van der Waals surface area contributed by atoms with Crippen molar-refractivity contribution in [2.45, 2.75) is 32.7 Å². The lowest BCUT2D eigenvalue weighted by Gasteiger charge is -2.31. The molecule has 2 aromatic rings. The van der Waals surface area contributed by atoms with Gasteiger partial charge in [0.1, 0.15) is 0 Å². The lowest BCUT2D eigenvalue weighted by Crippen LogP contribution is -2.44. The van der Waals surface area contributed by atoms with E-state index in [4.69, 9.17) is 11.6 Å². The van der Waals surface area contributed by atoms with E-state index in [0.29, 0.717) is 11.1 Å². The highest BCUT2D eigenvalue weighted by Gasteiger charge is 2.25. The zero-order valence-corrected chi connectivity index (χ0v) is 15.2. The van der Waals surface area contributed by atoms with Gasteiger partial charge in [0, 0.05) is 35.2 Å². The van der Waals surface area contributed by atoms with Crippen LogP contribution in [-0.2, 0) is 0 Å². The normalized spacial score (nSPS) is 15.5. The topological polar surface area (TPSA) is 37.3 Å². The van der Waals surface area contributed by atoms with Crippen molar-refractivity contribution >= 4 is 17.5 Å². The molecule has 0 saturated carbocycles. The lowest BCUT2D eigenvalue weighted by molar-refractivity contribution is 0.0702. The van der Waals surface area contributed by atoms with Gasteiger partial charge in [-0.2, -0.15) is 0 Å². The van der Waals surface area contributed by atoms with E-state index in [1.807, 2.05) is 56.1 Å². The molecule has 1 fully saturated rings. The van der Waals surface area contributed by atoms with Gasteiger partial charge in [0.05, 0.1) is 5.56 Å². The number of rotatable bonds is 3. The molecule has 0 unspecified atom stereocenters. The third-order valence-electron chi connectivity index (χ3n) is 4.92. The number of carbonyl (C=O) groups is 1.